The molecule has 0 heterocycles. The zero-order chi connectivity index (χ0) is 24.0. The molecule has 0 amide bonds. The highest BCUT2D eigenvalue weighted by molar-refractivity contribution is 6.51. The molecule has 0 atom stereocenters. The summed E-state index contributed by atoms with van der Waals surface area (Å²) in [6, 6.07) is 18.2. The molecule has 1 aliphatic carbocycles. The van der Waals surface area contributed by atoms with E-state index in [4.69, 9.17) is 5.41 Å². The van der Waals surface area contributed by atoms with Gasteiger partial charge in [0.2, 0.25) is 5.78 Å². The van der Waals surface area contributed by atoms with Crippen LogP contribution in [-0.4, -0.2) is 11.5 Å². The molecule has 2 aromatic carbocycles. The van der Waals surface area contributed by atoms with E-state index in [1.807, 2.05) is 44.2 Å². The maximum absolute atomic E-state index is 13.4. The Bertz CT molecular complexity index is 1250. The maximum atomic E-state index is 13.4. The van der Waals surface area contributed by atoms with Gasteiger partial charge in [-0.15, -0.1) is 0 Å². The van der Waals surface area contributed by atoms with E-state index in [0.717, 1.165) is 27.8 Å². The summed E-state index contributed by atoms with van der Waals surface area (Å²) in [5.41, 5.74) is 5.39. The van der Waals surface area contributed by atoms with Crippen LogP contribution in [-0.2, 0) is 5.41 Å². The first kappa shape index (κ1) is 23.6. The number of carbonyl (C=O) groups is 1. The number of ketones is 1. The molecule has 0 fully saturated rings. The molecule has 2 aromatic rings. The first-order valence-corrected chi connectivity index (χ1v) is 11.0. The Labute approximate surface area is 195 Å². The fourth-order valence-electron chi connectivity index (χ4n) is 4.75. The number of carbonyl (C=O) groups excluding carboxylic acids is 1. The summed E-state index contributed by atoms with van der Waals surface area (Å²) in [5.74, 6) is -0.363. The van der Waals surface area contributed by atoms with E-state index in [2.05, 4.69) is 30.9 Å². The molecular formula is C29H27N3O. The maximum Gasteiger partial charge on any atom is 0.211 e. The van der Waals surface area contributed by atoms with Gasteiger partial charge in [0.15, 0.2) is 0 Å². The zero-order valence-electron chi connectivity index (χ0n) is 19.1. The highest BCUT2D eigenvalue weighted by Crippen LogP contribution is 2.53. The van der Waals surface area contributed by atoms with Gasteiger partial charge < -0.3 is 0 Å². The van der Waals surface area contributed by atoms with Gasteiger partial charge in [-0.05, 0) is 60.6 Å². The molecule has 164 valence electrons. The van der Waals surface area contributed by atoms with Crippen LogP contribution in [0, 0.1) is 28.1 Å². The fourth-order valence-corrected chi connectivity index (χ4v) is 4.75. The van der Waals surface area contributed by atoms with E-state index in [0.29, 0.717) is 36.8 Å². The van der Waals surface area contributed by atoms with Gasteiger partial charge in [0.1, 0.15) is 5.71 Å². The second kappa shape index (κ2) is 10.1. The zero-order valence-corrected chi connectivity index (χ0v) is 19.1. The van der Waals surface area contributed by atoms with Gasteiger partial charge in [-0.3, -0.25) is 10.2 Å². The molecule has 0 aromatic heterocycles. The molecule has 0 unspecified atom stereocenters. The van der Waals surface area contributed by atoms with Crippen LogP contribution in [0.15, 0.2) is 78.4 Å². The largest absolute Gasteiger partial charge is 0.296 e. The van der Waals surface area contributed by atoms with Crippen LogP contribution < -0.4 is 0 Å². The molecule has 0 radical (unpaired) electrons. The van der Waals surface area contributed by atoms with Crippen LogP contribution in [0.3, 0.4) is 0 Å². The first-order chi connectivity index (χ1) is 15.9. The Morgan fingerprint density at radius 1 is 1.06 bits per heavy atom. The Kier molecular flexibility index (Phi) is 7.21. The van der Waals surface area contributed by atoms with E-state index in [9.17, 15) is 15.3 Å². The van der Waals surface area contributed by atoms with Crippen molar-refractivity contribution in [1.82, 2.24) is 0 Å². The summed E-state index contributed by atoms with van der Waals surface area (Å²) in [4.78, 5) is 13.4. The number of allylic oxidation sites excluding steroid dienone is 5. The molecular weight excluding hydrogens is 406 g/mol. The average molecular weight is 434 g/mol. The third kappa shape index (κ3) is 4.21. The summed E-state index contributed by atoms with van der Waals surface area (Å²) < 4.78 is 0. The number of benzene rings is 2. The second-order valence-electron chi connectivity index (χ2n) is 8.20. The molecule has 0 saturated heterocycles. The minimum atomic E-state index is -0.505. The molecule has 0 saturated carbocycles. The van der Waals surface area contributed by atoms with Gasteiger partial charge >= 0.3 is 0 Å². The lowest BCUT2D eigenvalue weighted by Gasteiger charge is -2.31. The Morgan fingerprint density at radius 3 is 2.30 bits per heavy atom. The summed E-state index contributed by atoms with van der Waals surface area (Å²) in [6.07, 6.45) is 6.97. The quantitative estimate of drug-likeness (QED) is 0.267. The third-order valence-electron chi connectivity index (χ3n) is 6.50. The van der Waals surface area contributed by atoms with Crippen LogP contribution in [0.5, 0.6) is 0 Å². The number of fused-ring (bicyclic) bond motifs is 3. The minimum Gasteiger partial charge on any atom is -0.296 e. The molecule has 1 aliphatic rings. The third-order valence-corrected chi connectivity index (χ3v) is 6.50. The minimum absolute atomic E-state index is 0.0828. The van der Waals surface area contributed by atoms with Crippen molar-refractivity contribution in [3.63, 3.8) is 0 Å². The normalized spacial score (nSPS) is 13.9. The number of nitrogens with zero attached hydrogens (tertiary/aromatic N) is 2. The molecule has 0 bridgehead atoms. The number of Topliss-reactive ketones (excluding diaryl/α,β-unsaturated/α-hetero) is 1. The van der Waals surface area contributed by atoms with Crippen LogP contribution >= 0.6 is 0 Å². The van der Waals surface area contributed by atoms with E-state index in [1.54, 1.807) is 18.2 Å². The van der Waals surface area contributed by atoms with Gasteiger partial charge in [-0.25, -0.2) is 0 Å². The molecule has 33 heavy (non-hydrogen) atoms. The lowest BCUT2D eigenvalue weighted by molar-refractivity contribution is 0.106. The molecule has 4 nitrogen and oxygen atoms in total. The molecule has 4 heteroatoms. The highest BCUT2D eigenvalue weighted by atomic mass is 16.1. The number of nitrogens with one attached hydrogen (secondary N) is 1. The number of nitriles is 2. The molecule has 0 aliphatic heterocycles. The predicted octanol–water partition coefficient (Wildman–Crippen LogP) is 6.84. The summed E-state index contributed by atoms with van der Waals surface area (Å²) in [6.45, 7) is 7.45. The average Bonchev–Trinajstić information content (AvgIpc) is 3.12. The smallest absolute Gasteiger partial charge is 0.211 e. The number of hydrogen-bond donors (Lipinski definition) is 1. The number of rotatable bonds is 9. The standard InChI is InChI=1S/C29H27N3O/c1-4-10-22(20(3)5-2)27(32)28(33)21-13-14-24-23-11-6-7-12-25(23)29(15-8-17-30,16-9-18-31)26(24)19-21/h4-7,10-14,19,32H,1,8-9,15-16H2,2-3H3/b20-5-,22-10+,32-27?. The summed E-state index contributed by atoms with van der Waals surface area (Å²) in [7, 11) is 0. The lowest BCUT2D eigenvalue weighted by atomic mass is 9.71. The summed E-state index contributed by atoms with van der Waals surface area (Å²) >= 11 is 0. The number of hydrogen-bond acceptors (Lipinski definition) is 4. The Balaban J connectivity index is 2.16. The Hall–Kier alpha value is -4.02. The lowest BCUT2D eigenvalue weighted by Crippen LogP contribution is -2.26. The Morgan fingerprint density at radius 2 is 1.70 bits per heavy atom. The van der Waals surface area contributed by atoms with Crippen molar-refractivity contribution in [2.24, 2.45) is 0 Å². The van der Waals surface area contributed by atoms with Crippen LogP contribution in [0.2, 0.25) is 0 Å². The second-order valence-corrected chi connectivity index (χ2v) is 8.20. The van der Waals surface area contributed by atoms with Gasteiger partial charge in [0.25, 0.3) is 0 Å². The molecule has 0 spiro atoms. The summed E-state index contributed by atoms with van der Waals surface area (Å²) in [5, 5.41) is 27.3. The van der Waals surface area contributed by atoms with E-state index in [-0.39, 0.29) is 11.5 Å². The monoisotopic (exact) mass is 433 g/mol. The van der Waals surface area contributed by atoms with Crippen LogP contribution in [0.1, 0.15) is 61.0 Å². The predicted molar refractivity (Wildman–Crippen MR) is 132 cm³/mol. The van der Waals surface area contributed by atoms with Crippen LogP contribution in [0.4, 0.5) is 0 Å². The van der Waals surface area contributed by atoms with E-state index < -0.39 is 5.41 Å². The van der Waals surface area contributed by atoms with Crippen molar-refractivity contribution >= 4 is 11.5 Å². The van der Waals surface area contributed by atoms with Crippen LogP contribution in [0.25, 0.3) is 11.1 Å². The van der Waals surface area contributed by atoms with Gasteiger partial charge in [-0.1, -0.05) is 61.2 Å². The highest BCUT2D eigenvalue weighted by Gasteiger charge is 2.42. The van der Waals surface area contributed by atoms with Crippen molar-refractivity contribution < 1.29 is 4.79 Å². The van der Waals surface area contributed by atoms with Gasteiger partial charge in [0.05, 0.1) is 12.1 Å². The van der Waals surface area contributed by atoms with Crippen molar-refractivity contribution in [2.45, 2.75) is 44.9 Å². The van der Waals surface area contributed by atoms with Crippen molar-refractivity contribution in [3.8, 4) is 23.3 Å². The van der Waals surface area contributed by atoms with Crippen molar-refractivity contribution in [2.75, 3.05) is 0 Å². The van der Waals surface area contributed by atoms with Gasteiger partial charge in [-0.2, -0.15) is 10.5 Å². The topological polar surface area (TPSA) is 88.5 Å². The first-order valence-electron chi connectivity index (χ1n) is 11.0. The fraction of sp³-hybridized carbons (Fsp3) is 0.241. The van der Waals surface area contributed by atoms with Crippen molar-refractivity contribution in [3.05, 3.63) is 95.1 Å². The van der Waals surface area contributed by atoms with E-state index in [1.165, 1.54) is 0 Å². The SMILES string of the molecule is C=C/C=C(C(=N)C(=O)c1ccc2c(c1)C(CCC#N)(CCC#N)c1ccccc1-2)\C(C)=C/C. The molecule has 3 rings (SSSR count). The van der Waals surface area contributed by atoms with Gasteiger partial charge in [0, 0.05) is 29.4 Å². The van der Waals surface area contributed by atoms with E-state index >= 15 is 0 Å². The van der Waals surface area contributed by atoms with Crippen molar-refractivity contribution in [1.29, 1.82) is 15.9 Å². The molecule has 1 N–H and O–H groups in total.